The molecule has 0 saturated carbocycles. The normalized spacial score (nSPS) is 12.9. The Morgan fingerprint density at radius 3 is 2.87 bits per heavy atom. The maximum absolute atomic E-state index is 11.8. The molecule has 0 saturated heterocycles. The summed E-state index contributed by atoms with van der Waals surface area (Å²) >= 11 is 0. The lowest BCUT2D eigenvalue weighted by Gasteiger charge is -2.18. The van der Waals surface area contributed by atoms with E-state index in [4.69, 9.17) is 18.7 Å². The molecule has 1 aromatic heterocycles. The molecule has 0 fully saturated rings. The number of aryl methyl sites for hydroxylation is 1. The Hall–Kier alpha value is -2.47. The molecule has 0 spiro atoms. The first-order chi connectivity index (χ1) is 11.3. The lowest BCUT2D eigenvalue weighted by Crippen LogP contribution is -2.26. The van der Waals surface area contributed by atoms with E-state index in [0.717, 1.165) is 29.9 Å². The highest BCUT2D eigenvalue weighted by atomic mass is 16.6. The topological polar surface area (TPSA) is 69.9 Å². The second-order valence-electron chi connectivity index (χ2n) is 5.21. The van der Waals surface area contributed by atoms with E-state index >= 15 is 0 Å². The molecule has 2 aromatic rings. The van der Waals surface area contributed by atoms with Gasteiger partial charge in [-0.05, 0) is 36.2 Å². The van der Waals surface area contributed by atoms with Crippen LogP contribution < -0.4 is 15.0 Å². The molecule has 2 heterocycles. The molecular formula is C17H19NO5. The number of amides is 1. The van der Waals surface area contributed by atoms with Gasteiger partial charge < -0.3 is 13.9 Å². The van der Waals surface area contributed by atoms with Crippen molar-refractivity contribution in [2.24, 2.45) is 0 Å². The van der Waals surface area contributed by atoms with E-state index in [9.17, 15) is 4.79 Å². The first kappa shape index (κ1) is 15.4. The summed E-state index contributed by atoms with van der Waals surface area (Å²) in [5, 5.41) is 0. The third-order valence-corrected chi connectivity index (χ3v) is 3.41. The Morgan fingerprint density at radius 1 is 1.17 bits per heavy atom. The standard InChI is InChI=1S/C17H19NO5/c19-17(18-23-8-2-4-14-3-1-7-20-14)12-13-5-6-15-16(11-13)22-10-9-21-15/h1,3,5-7,11H,2,4,8-10,12H2,(H,18,19). The largest absolute Gasteiger partial charge is 0.486 e. The molecule has 6 nitrogen and oxygen atoms in total. The van der Waals surface area contributed by atoms with Gasteiger partial charge in [0, 0.05) is 6.42 Å². The number of hydroxylamine groups is 1. The Balaban J connectivity index is 1.37. The van der Waals surface area contributed by atoms with Gasteiger partial charge in [0.05, 0.1) is 19.3 Å². The first-order valence-electron chi connectivity index (χ1n) is 7.63. The van der Waals surface area contributed by atoms with Gasteiger partial charge in [0.15, 0.2) is 11.5 Å². The van der Waals surface area contributed by atoms with Crippen LogP contribution in [0, 0.1) is 0 Å². The van der Waals surface area contributed by atoms with Crippen LogP contribution in [-0.2, 0) is 22.5 Å². The fourth-order valence-corrected chi connectivity index (χ4v) is 2.32. The Bertz CT molecular complexity index is 638. The maximum Gasteiger partial charge on any atom is 0.247 e. The van der Waals surface area contributed by atoms with Gasteiger partial charge in [0.2, 0.25) is 5.91 Å². The van der Waals surface area contributed by atoms with Crippen molar-refractivity contribution in [1.82, 2.24) is 5.48 Å². The molecule has 1 aliphatic heterocycles. The zero-order valence-corrected chi connectivity index (χ0v) is 12.7. The predicted octanol–water partition coefficient (Wildman–Crippen LogP) is 2.27. The lowest BCUT2D eigenvalue weighted by molar-refractivity contribution is -0.132. The van der Waals surface area contributed by atoms with E-state index in [1.54, 1.807) is 6.26 Å². The summed E-state index contributed by atoms with van der Waals surface area (Å²) in [6, 6.07) is 9.27. The molecule has 0 unspecified atom stereocenters. The van der Waals surface area contributed by atoms with Crippen molar-refractivity contribution in [3.63, 3.8) is 0 Å². The van der Waals surface area contributed by atoms with Gasteiger partial charge in [-0.1, -0.05) is 6.07 Å². The minimum Gasteiger partial charge on any atom is -0.486 e. The lowest BCUT2D eigenvalue weighted by atomic mass is 10.1. The van der Waals surface area contributed by atoms with Crippen molar-refractivity contribution in [3.8, 4) is 11.5 Å². The number of benzene rings is 1. The second kappa shape index (κ2) is 7.69. The molecule has 1 amide bonds. The van der Waals surface area contributed by atoms with Gasteiger partial charge >= 0.3 is 0 Å². The average Bonchev–Trinajstić information content (AvgIpc) is 3.08. The van der Waals surface area contributed by atoms with Crippen molar-refractivity contribution in [2.45, 2.75) is 19.3 Å². The molecule has 3 rings (SSSR count). The predicted molar refractivity (Wildman–Crippen MR) is 82.3 cm³/mol. The van der Waals surface area contributed by atoms with Crippen LogP contribution in [0.4, 0.5) is 0 Å². The van der Waals surface area contributed by atoms with E-state index in [1.807, 2.05) is 30.3 Å². The zero-order valence-electron chi connectivity index (χ0n) is 12.7. The molecule has 122 valence electrons. The number of rotatable bonds is 7. The number of furan rings is 1. The molecule has 1 aromatic carbocycles. The van der Waals surface area contributed by atoms with Crippen LogP contribution in [0.25, 0.3) is 0 Å². The van der Waals surface area contributed by atoms with Gasteiger partial charge in [0.25, 0.3) is 0 Å². The van der Waals surface area contributed by atoms with E-state index in [-0.39, 0.29) is 12.3 Å². The smallest absolute Gasteiger partial charge is 0.247 e. The van der Waals surface area contributed by atoms with Crippen molar-refractivity contribution in [2.75, 3.05) is 19.8 Å². The molecule has 23 heavy (non-hydrogen) atoms. The van der Waals surface area contributed by atoms with Crippen LogP contribution in [0.2, 0.25) is 0 Å². The van der Waals surface area contributed by atoms with Gasteiger partial charge in [-0.3, -0.25) is 9.63 Å². The summed E-state index contributed by atoms with van der Waals surface area (Å²) < 4.78 is 16.2. The van der Waals surface area contributed by atoms with Gasteiger partial charge in [-0.25, -0.2) is 5.48 Å². The van der Waals surface area contributed by atoms with Crippen LogP contribution >= 0.6 is 0 Å². The van der Waals surface area contributed by atoms with Crippen molar-refractivity contribution >= 4 is 5.91 Å². The molecule has 1 N–H and O–H groups in total. The molecule has 6 heteroatoms. The Labute approximate surface area is 134 Å². The first-order valence-corrected chi connectivity index (χ1v) is 7.63. The second-order valence-corrected chi connectivity index (χ2v) is 5.21. The van der Waals surface area contributed by atoms with Crippen LogP contribution in [0.1, 0.15) is 17.7 Å². The summed E-state index contributed by atoms with van der Waals surface area (Å²) in [5.41, 5.74) is 3.30. The third-order valence-electron chi connectivity index (χ3n) is 3.41. The van der Waals surface area contributed by atoms with E-state index < -0.39 is 0 Å². The fraction of sp³-hybridized carbons (Fsp3) is 0.353. The summed E-state index contributed by atoms with van der Waals surface area (Å²) in [6.45, 7) is 1.52. The number of hydrogen-bond donors (Lipinski definition) is 1. The van der Waals surface area contributed by atoms with Crippen LogP contribution in [-0.4, -0.2) is 25.7 Å². The van der Waals surface area contributed by atoms with Gasteiger partial charge in [0.1, 0.15) is 19.0 Å². The molecule has 0 bridgehead atoms. The SMILES string of the molecule is O=C(Cc1ccc2c(c1)OCCO2)NOCCCc1ccco1. The van der Waals surface area contributed by atoms with Crippen LogP contribution in [0.5, 0.6) is 11.5 Å². The summed E-state index contributed by atoms with van der Waals surface area (Å²) in [4.78, 5) is 17.0. The van der Waals surface area contributed by atoms with Crippen molar-refractivity contribution in [3.05, 3.63) is 47.9 Å². The Morgan fingerprint density at radius 2 is 2.04 bits per heavy atom. The molecule has 1 aliphatic rings. The molecule has 0 aliphatic carbocycles. The monoisotopic (exact) mass is 317 g/mol. The minimum absolute atomic E-state index is 0.195. The quantitative estimate of drug-likeness (QED) is 0.626. The Kier molecular flexibility index (Phi) is 5.16. The van der Waals surface area contributed by atoms with E-state index in [0.29, 0.717) is 25.6 Å². The van der Waals surface area contributed by atoms with E-state index in [1.165, 1.54) is 0 Å². The van der Waals surface area contributed by atoms with Gasteiger partial charge in [-0.2, -0.15) is 0 Å². The average molecular weight is 317 g/mol. The zero-order chi connectivity index (χ0) is 15.9. The highest BCUT2D eigenvalue weighted by Gasteiger charge is 2.13. The third kappa shape index (κ3) is 4.50. The number of fused-ring (bicyclic) bond motifs is 1. The summed E-state index contributed by atoms with van der Waals surface area (Å²) in [6.07, 6.45) is 3.43. The molecule has 0 radical (unpaired) electrons. The number of ether oxygens (including phenoxy) is 2. The highest BCUT2D eigenvalue weighted by molar-refractivity contribution is 5.77. The van der Waals surface area contributed by atoms with E-state index in [2.05, 4.69) is 5.48 Å². The summed E-state index contributed by atoms with van der Waals surface area (Å²) in [5.74, 6) is 2.12. The molecular weight excluding hydrogens is 298 g/mol. The number of nitrogens with one attached hydrogen (secondary N) is 1. The van der Waals surface area contributed by atoms with Crippen molar-refractivity contribution in [1.29, 1.82) is 0 Å². The minimum atomic E-state index is -0.195. The summed E-state index contributed by atoms with van der Waals surface area (Å²) in [7, 11) is 0. The van der Waals surface area contributed by atoms with Crippen LogP contribution in [0.3, 0.4) is 0 Å². The number of hydrogen-bond acceptors (Lipinski definition) is 5. The number of carbonyl (C=O) groups excluding carboxylic acids is 1. The molecule has 0 atom stereocenters. The maximum atomic E-state index is 11.8. The fourth-order valence-electron chi connectivity index (χ4n) is 2.32. The van der Waals surface area contributed by atoms with Gasteiger partial charge in [-0.15, -0.1) is 0 Å². The highest BCUT2D eigenvalue weighted by Crippen LogP contribution is 2.30. The number of carbonyl (C=O) groups is 1. The van der Waals surface area contributed by atoms with Crippen molar-refractivity contribution < 1.29 is 23.5 Å². The van der Waals surface area contributed by atoms with Crippen LogP contribution in [0.15, 0.2) is 41.0 Å².